The van der Waals surface area contributed by atoms with E-state index in [0.29, 0.717) is 46.8 Å². The Hall–Kier alpha value is -6.14. The maximum absolute atomic E-state index is 9.73. The van der Waals surface area contributed by atoms with Gasteiger partial charge in [-0.2, -0.15) is 20.7 Å². The highest BCUT2D eigenvalue weighted by Crippen LogP contribution is 2.37. The number of hydrogen-bond donors (Lipinski definition) is 4. The zero-order chi connectivity index (χ0) is 30.8. The molecule has 0 aliphatic heterocycles. The summed E-state index contributed by atoms with van der Waals surface area (Å²) in [6, 6.07) is 19.5. The summed E-state index contributed by atoms with van der Waals surface area (Å²) in [5, 5.41) is 35.3. The number of nitrogens with zero attached hydrogens (tertiary/aromatic N) is 6. The van der Waals surface area contributed by atoms with E-state index >= 15 is 0 Å². The van der Waals surface area contributed by atoms with Crippen LogP contribution in [0.15, 0.2) is 48.5 Å². The van der Waals surface area contributed by atoms with E-state index in [9.17, 15) is 10.5 Å². The zero-order valence-electron chi connectivity index (χ0n) is 24.1. The molecule has 0 amide bonds. The second kappa shape index (κ2) is 11.6. The first-order valence-electron chi connectivity index (χ1n) is 13.9. The van der Waals surface area contributed by atoms with Gasteiger partial charge in [-0.1, -0.05) is 24.3 Å². The van der Waals surface area contributed by atoms with Gasteiger partial charge in [0.15, 0.2) is 11.3 Å². The van der Waals surface area contributed by atoms with Gasteiger partial charge in [0.1, 0.15) is 46.4 Å². The third kappa shape index (κ3) is 5.05. The number of rotatable bonds is 9. The van der Waals surface area contributed by atoms with E-state index in [4.69, 9.17) is 20.9 Å². The molecule has 0 aliphatic carbocycles. The lowest BCUT2D eigenvalue weighted by Crippen LogP contribution is -2.03. The van der Waals surface area contributed by atoms with Crippen LogP contribution in [-0.2, 0) is 0 Å². The third-order valence-corrected chi connectivity index (χ3v) is 7.41. The molecule has 0 radical (unpaired) electrons. The standard InChI is InChI=1S/C32H28N10O2/c1-17-25-27(23(15-33)29(35)37-31(25)41-39-17)19-5-9-21(10-6-19)43-13-3-4-14-44-22-11-7-20(8-12-22)28-24(16-34)30(36)38-32-26(28)18(2)40-42-32/h5-12H,3-4,13-14H2,1-2H3,(H3,35,37,39,41)(H3,36,38,40,42). The highest BCUT2D eigenvalue weighted by atomic mass is 16.5. The molecule has 0 aliphatic rings. The summed E-state index contributed by atoms with van der Waals surface area (Å²) in [7, 11) is 0. The largest absolute Gasteiger partial charge is 0.494 e. The molecule has 0 atom stereocenters. The Morgan fingerprint density at radius 1 is 0.659 bits per heavy atom. The molecule has 12 heteroatoms. The lowest BCUT2D eigenvalue weighted by Gasteiger charge is -2.11. The normalized spacial score (nSPS) is 11.0. The molecular formula is C32H28N10O2. The van der Waals surface area contributed by atoms with E-state index in [2.05, 4.69) is 42.5 Å². The molecule has 12 nitrogen and oxygen atoms in total. The van der Waals surface area contributed by atoms with Crippen molar-refractivity contribution in [1.29, 1.82) is 10.5 Å². The molecule has 2 aromatic carbocycles. The summed E-state index contributed by atoms with van der Waals surface area (Å²) in [6.45, 7) is 4.83. The summed E-state index contributed by atoms with van der Waals surface area (Å²) >= 11 is 0. The number of pyridine rings is 2. The SMILES string of the molecule is Cc1[nH]nc2nc(N)c(C#N)c(-c3ccc(OCCCCOc4ccc(-c5c(C#N)c(N)nc6n[nH]c(C)c56)cc4)cc3)c12. The number of nitriles is 2. The fraction of sp³-hybridized carbons (Fsp3) is 0.188. The maximum atomic E-state index is 9.73. The van der Waals surface area contributed by atoms with Crippen LogP contribution in [0.5, 0.6) is 11.5 Å². The van der Waals surface area contributed by atoms with E-state index in [1.54, 1.807) is 0 Å². The molecule has 0 spiro atoms. The molecule has 6 N–H and O–H groups in total. The summed E-state index contributed by atoms with van der Waals surface area (Å²) in [6.07, 6.45) is 1.60. The number of aromatic amines is 2. The lowest BCUT2D eigenvalue weighted by atomic mass is 9.97. The summed E-state index contributed by atoms with van der Waals surface area (Å²) in [4.78, 5) is 8.50. The first-order chi connectivity index (χ1) is 21.4. The van der Waals surface area contributed by atoms with Crippen molar-refractivity contribution in [2.45, 2.75) is 26.7 Å². The average molecular weight is 585 g/mol. The molecule has 218 valence electrons. The minimum atomic E-state index is 0.151. The molecule has 44 heavy (non-hydrogen) atoms. The Bertz CT molecular complexity index is 1930. The quantitative estimate of drug-likeness (QED) is 0.161. The number of nitrogen functional groups attached to an aromatic ring is 2. The zero-order valence-corrected chi connectivity index (χ0v) is 24.1. The Morgan fingerprint density at radius 3 is 1.41 bits per heavy atom. The van der Waals surface area contributed by atoms with Crippen LogP contribution >= 0.6 is 0 Å². The van der Waals surface area contributed by atoms with Gasteiger partial charge in [0.05, 0.1) is 24.0 Å². The Morgan fingerprint density at radius 2 is 1.05 bits per heavy atom. The van der Waals surface area contributed by atoms with E-state index in [-0.39, 0.29) is 11.6 Å². The molecule has 0 bridgehead atoms. The second-order valence-corrected chi connectivity index (χ2v) is 10.3. The first-order valence-corrected chi connectivity index (χ1v) is 13.9. The number of aryl methyl sites for hydroxylation is 2. The summed E-state index contributed by atoms with van der Waals surface area (Å²) < 4.78 is 11.9. The highest BCUT2D eigenvalue weighted by Gasteiger charge is 2.20. The minimum Gasteiger partial charge on any atom is -0.494 e. The van der Waals surface area contributed by atoms with E-state index < -0.39 is 0 Å². The average Bonchev–Trinajstić information content (AvgIpc) is 3.59. The van der Waals surface area contributed by atoms with Crippen LogP contribution in [0.4, 0.5) is 11.6 Å². The van der Waals surface area contributed by atoms with E-state index in [0.717, 1.165) is 57.6 Å². The van der Waals surface area contributed by atoms with Crippen LogP contribution in [0.2, 0.25) is 0 Å². The summed E-state index contributed by atoms with van der Waals surface area (Å²) in [5.41, 5.74) is 18.4. The van der Waals surface area contributed by atoms with Crippen molar-refractivity contribution in [2.75, 3.05) is 24.7 Å². The number of anilines is 2. The van der Waals surface area contributed by atoms with Crippen molar-refractivity contribution in [3.8, 4) is 45.9 Å². The van der Waals surface area contributed by atoms with Crippen LogP contribution in [0.25, 0.3) is 44.3 Å². The fourth-order valence-electron chi connectivity index (χ4n) is 5.26. The number of aromatic nitrogens is 6. The summed E-state index contributed by atoms with van der Waals surface area (Å²) in [5.74, 6) is 1.75. The molecular weight excluding hydrogens is 556 g/mol. The number of fused-ring (bicyclic) bond motifs is 2. The van der Waals surface area contributed by atoms with E-state index in [1.165, 1.54) is 0 Å². The molecule has 0 unspecified atom stereocenters. The maximum Gasteiger partial charge on any atom is 0.183 e. The predicted octanol–water partition coefficient (Wildman–Crippen LogP) is 5.33. The van der Waals surface area contributed by atoms with Crippen molar-refractivity contribution >= 4 is 33.7 Å². The predicted molar refractivity (Wildman–Crippen MR) is 167 cm³/mol. The molecule has 4 heterocycles. The number of unbranched alkanes of at least 4 members (excludes halogenated alkanes) is 1. The van der Waals surface area contributed by atoms with Gasteiger partial charge < -0.3 is 20.9 Å². The molecule has 6 aromatic rings. The number of H-pyrrole nitrogens is 2. The first kappa shape index (κ1) is 28.0. The number of nitrogens with one attached hydrogen (secondary N) is 2. The smallest absolute Gasteiger partial charge is 0.183 e. The van der Waals surface area contributed by atoms with Gasteiger partial charge in [-0.15, -0.1) is 0 Å². The fourth-order valence-corrected chi connectivity index (χ4v) is 5.26. The number of nitrogens with two attached hydrogens (primary N) is 2. The lowest BCUT2D eigenvalue weighted by molar-refractivity contribution is 0.266. The molecule has 0 saturated carbocycles. The van der Waals surface area contributed by atoms with Crippen molar-refractivity contribution in [2.24, 2.45) is 0 Å². The van der Waals surface area contributed by atoms with Gasteiger partial charge >= 0.3 is 0 Å². The van der Waals surface area contributed by atoms with Crippen LogP contribution < -0.4 is 20.9 Å². The Kier molecular flexibility index (Phi) is 7.40. The van der Waals surface area contributed by atoms with Gasteiger partial charge in [-0.3, -0.25) is 10.2 Å². The molecule has 0 fully saturated rings. The van der Waals surface area contributed by atoms with Gasteiger partial charge in [0.2, 0.25) is 0 Å². The van der Waals surface area contributed by atoms with Gasteiger partial charge in [-0.05, 0) is 62.1 Å². The van der Waals surface area contributed by atoms with Gasteiger partial charge in [0.25, 0.3) is 0 Å². The molecule has 0 saturated heterocycles. The topological polar surface area (TPSA) is 201 Å². The van der Waals surface area contributed by atoms with Gasteiger partial charge in [0, 0.05) is 22.5 Å². The van der Waals surface area contributed by atoms with Gasteiger partial charge in [-0.25, -0.2) is 9.97 Å². The minimum absolute atomic E-state index is 0.151. The van der Waals surface area contributed by atoms with Crippen molar-refractivity contribution < 1.29 is 9.47 Å². The number of hydrogen-bond acceptors (Lipinski definition) is 10. The molecule has 6 rings (SSSR count). The number of benzene rings is 2. The highest BCUT2D eigenvalue weighted by molar-refractivity contribution is 6.00. The molecule has 4 aromatic heterocycles. The monoisotopic (exact) mass is 584 g/mol. The Balaban J connectivity index is 1.04. The Labute approximate surface area is 252 Å². The van der Waals surface area contributed by atoms with Crippen LogP contribution in [0.1, 0.15) is 35.4 Å². The van der Waals surface area contributed by atoms with Crippen LogP contribution in [-0.4, -0.2) is 43.6 Å². The third-order valence-electron chi connectivity index (χ3n) is 7.41. The van der Waals surface area contributed by atoms with Crippen molar-refractivity contribution in [1.82, 2.24) is 30.4 Å². The van der Waals surface area contributed by atoms with Crippen LogP contribution in [0, 0.1) is 36.5 Å². The van der Waals surface area contributed by atoms with E-state index in [1.807, 2.05) is 62.4 Å². The second-order valence-electron chi connectivity index (χ2n) is 10.3. The van der Waals surface area contributed by atoms with Crippen molar-refractivity contribution in [3.63, 3.8) is 0 Å². The number of ether oxygens (including phenoxy) is 2. The van der Waals surface area contributed by atoms with Crippen LogP contribution in [0.3, 0.4) is 0 Å². The van der Waals surface area contributed by atoms with Crippen molar-refractivity contribution in [3.05, 3.63) is 71.0 Å².